The van der Waals surface area contributed by atoms with Gasteiger partial charge in [0.25, 0.3) is 5.91 Å². The molecule has 0 bridgehead atoms. The first-order chi connectivity index (χ1) is 14.1. The summed E-state index contributed by atoms with van der Waals surface area (Å²) in [6.45, 7) is 0. The van der Waals surface area contributed by atoms with Crippen LogP contribution in [0.1, 0.15) is 61.0 Å². The number of esters is 1. The molecule has 1 amide bonds. The van der Waals surface area contributed by atoms with Gasteiger partial charge >= 0.3 is 5.97 Å². The first-order valence-electron chi connectivity index (χ1n) is 9.81. The number of methoxy groups -OCH3 is 1. The summed E-state index contributed by atoms with van der Waals surface area (Å²) in [5.74, 6) is -0.702. The molecular formula is C21H21N3O3S2. The zero-order chi connectivity index (χ0) is 20.1. The molecule has 8 heteroatoms. The lowest BCUT2D eigenvalue weighted by Crippen LogP contribution is -2.14. The van der Waals surface area contributed by atoms with Gasteiger partial charge in [0.05, 0.1) is 18.4 Å². The molecule has 0 unspecified atom stereocenters. The second-order valence-corrected chi connectivity index (χ2v) is 9.61. The van der Waals surface area contributed by atoms with Gasteiger partial charge in [-0.15, -0.1) is 22.7 Å². The van der Waals surface area contributed by atoms with E-state index in [9.17, 15) is 9.59 Å². The Labute approximate surface area is 176 Å². The monoisotopic (exact) mass is 427 g/mol. The van der Waals surface area contributed by atoms with Crippen molar-refractivity contribution in [1.82, 2.24) is 4.98 Å². The number of pyridine rings is 1. The Balaban J connectivity index is 1.51. The van der Waals surface area contributed by atoms with Gasteiger partial charge in [0.2, 0.25) is 0 Å². The zero-order valence-electron chi connectivity index (χ0n) is 16.1. The molecule has 0 aromatic carbocycles. The Kier molecular flexibility index (Phi) is 4.55. The molecule has 0 spiro atoms. The molecule has 3 aromatic rings. The molecule has 29 heavy (non-hydrogen) atoms. The Hall–Kier alpha value is -2.45. The number of ether oxygens (including phenoxy) is 1. The Morgan fingerprint density at radius 1 is 1.14 bits per heavy atom. The second-order valence-electron chi connectivity index (χ2n) is 7.51. The lowest BCUT2D eigenvalue weighted by molar-refractivity contribution is 0.0601. The summed E-state index contributed by atoms with van der Waals surface area (Å²) in [7, 11) is 1.37. The van der Waals surface area contributed by atoms with Gasteiger partial charge in [0.1, 0.15) is 14.7 Å². The predicted octanol–water partition coefficient (Wildman–Crippen LogP) is 4.35. The smallest absolute Gasteiger partial charge is 0.341 e. The third-order valence-electron chi connectivity index (χ3n) is 5.74. The lowest BCUT2D eigenvalue weighted by atomic mass is 9.95. The van der Waals surface area contributed by atoms with E-state index in [1.165, 1.54) is 35.3 Å². The molecular weight excluding hydrogens is 406 g/mol. The number of nitrogens with zero attached hydrogens (tertiary/aromatic N) is 1. The number of aryl methyl sites for hydroxylation is 3. The minimum atomic E-state index is -0.404. The van der Waals surface area contributed by atoms with Crippen molar-refractivity contribution >= 4 is 55.5 Å². The molecule has 2 aliphatic rings. The van der Waals surface area contributed by atoms with Gasteiger partial charge in [-0.25, -0.2) is 9.78 Å². The molecule has 0 radical (unpaired) electrons. The number of rotatable bonds is 3. The molecule has 6 nitrogen and oxygen atoms in total. The van der Waals surface area contributed by atoms with Crippen LogP contribution in [0.5, 0.6) is 0 Å². The van der Waals surface area contributed by atoms with Crippen LogP contribution in [0.15, 0.2) is 6.07 Å². The van der Waals surface area contributed by atoms with Crippen LogP contribution in [0.3, 0.4) is 0 Å². The highest BCUT2D eigenvalue weighted by Gasteiger charge is 2.29. The van der Waals surface area contributed by atoms with Crippen LogP contribution in [0.25, 0.3) is 10.2 Å². The van der Waals surface area contributed by atoms with Gasteiger partial charge in [0.15, 0.2) is 0 Å². The summed E-state index contributed by atoms with van der Waals surface area (Å²) in [5, 5.41) is 4.33. The van der Waals surface area contributed by atoms with Crippen molar-refractivity contribution in [2.75, 3.05) is 18.2 Å². The van der Waals surface area contributed by atoms with E-state index in [0.29, 0.717) is 21.1 Å². The van der Waals surface area contributed by atoms with Gasteiger partial charge in [-0.3, -0.25) is 4.79 Å². The van der Waals surface area contributed by atoms with E-state index in [0.717, 1.165) is 71.3 Å². The van der Waals surface area contributed by atoms with E-state index < -0.39 is 5.97 Å². The number of fused-ring (bicyclic) bond motifs is 3. The molecule has 0 saturated carbocycles. The van der Waals surface area contributed by atoms with Crippen LogP contribution in [0.4, 0.5) is 10.7 Å². The molecule has 5 rings (SSSR count). The van der Waals surface area contributed by atoms with Crippen molar-refractivity contribution in [3.63, 3.8) is 0 Å². The van der Waals surface area contributed by atoms with Gasteiger partial charge < -0.3 is 15.8 Å². The van der Waals surface area contributed by atoms with E-state index in [2.05, 4.69) is 11.4 Å². The molecule has 0 saturated heterocycles. The molecule has 0 atom stereocenters. The fourth-order valence-corrected chi connectivity index (χ4v) is 6.56. The highest BCUT2D eigenvalue weighted by molar-refractivity contribution is 7.21. The largest absolute Gasteiger partial charge is 0.465 e. The van der Waals surface area contributed by atoms with Crippen LogP contribution in [0.2, 0.25) is 0 Å². The number of carbonyl (C=O) groups excluding carboxylic acids is 2. The van der Waals surface area contributed by atoms with E-state index >= 15 is 0 Å². The highest BCUT2D eigenvalue weighted by Crippen LogP contribution is 2.41. The van der Waals surface area contributed by atoms with Crippen molar-refractivity contribution in [2.24, 2.45) is 0 Å². The number of thiophene rings is 2. The number of amides is 1. The van der Waals surface area contributed by atoms with Crippen LogP contribution >= 0.6 is 22.7 Å². The minimum absolute atomic E-state index is 0.298. The van der Waals surface area contributed by atoms with Crippen molar-refractivity contribution in [2.45, 2.75) is 44.9 Å². The van der Waals surface area contributed by atoms with Crippen molar-refractivity contribution in [1.29, 1.82) is 0 Å². The van der Waals surface area contributed by atoms with Gasteiger partial charge in [0, 0.05) is 16.0 Å². The number of carbonyl (C=O) groups is 2. The van der Waals surface area contributed by atoms with E-state index in [4.69, 9.17) is 15.5 Å². The number of nitrogens with one attached hydrogen (secondary N) is 1. The number of nitrogens with two attached hydrogens (primary N) is 1. The minimum Gasteiger partial charge on any atom is -0.465 e. The molecule has 2 aliphatic carbocycles. The Bertz CT molecular complexity index is 1160. The third kappa shape index (κ3) is 3.02. The van der Waals surface area contributed by atoms with Gasteiger partial charge in [-0.2, -0.15) is 0 Å². The summed E-state index contributed by atoms with van der Waals surface area (Å²) in [6, 6.07) is 2.10. The van der Waals surface area contributed by atoms with Gasteiger partial charge in [-0.1, -0.05) is 0 Å². The van der Waals surface area contributed by atoms with Crippen LogP contribution < -0.4 is 11.1 Å². The standard InChI is InChI=1S/C21H21N3O3S2/c1-27-21(26)15-11-6-4-8-14(11)28-20(15)24-18(25)17-16(22)12-9-10-5-2-3-7-13(10)23-19(12)29-17/h9H,2-8,22H2,1H3,(H,24,25). The van der Waals surface area contributed by atoms with E-state index in [1.54, 1.807) is 0 Å². The Morgan fingerprint density at radius 3 is 2.79 bits per heavy atom. The number of anilines is 2. The van der Waals surface area contributed by atoms with Gasteiger partial charge in [-0.05, 0) is 62.1 Å². The predicted molar refractivity (Wildman–Crippen MR) is 116 cm³/mol. The van der Waals surface area contributed by atoms with E-state index in [-0.39, 0.29) is 5.91 Å². The average molecular weight is 428 g/mol. The maximum absolute atomic E-state index is 13.1. The first kappa shape index (κ1) is 18.6. The topological polar surface area (TPSA) is 94.3 Å². The van der Waals surface area contributed by atoms with E-state index in [1.807, 2.05) is 0 Å². The fraction of sp³-hybridized carbons (Fsp3) is 0.381. The molecule has 0 aliphatic heterocycles. The fourth-order valence-electron chi connectivity index (χ4n) is 4.30. The summed E-state index contributed by atoms with van der Waals surface area (Å²) < 4.78 is 4.96. The SMILES string of the molecule is COC(=O)c1c(NC(=O)c2sc3nc4c(cc3c2N)CCCC4)sc2c1CCC2. The van der Waals surface area contributed by atoms with Crippen molar-refractivity contribution in [3.05, 3.63) is 38.2 Å². The molecule has 0 fully saturated rings. The van der Waals surface area contributed by atoms with Crippen LogP contribution in [-0.2, 0) is 30.4 Å². The second kappa shape index (κ2) is 7.11. The zero-order valence-corrected chi connectivity index (χ0v) is 17.7. The maximum atomic E-state index is 13.1. The number of hydrogen-bond acceptors (Lipinski definition) is 7. The highest BCUT2D eigenvalue weighted by atomic mass is 32.1. The average Bonchev–Trinajstić information content (AvgIpc) is 3.39. The Morgan fingerprint density at radius 2 is 1.97 bits per heavy atom. The summed E-state index contributed by atoms with van der Waals surface area (Å²) >= 11 is 2.78. The lowest BCUT2D eigenvalue weighted by Gasteiger charge is -2.14. The first-order valence-corrected chi connectivity index (χ1v) is 11.4. The van der Waals surface area contributed by atoms with Crippen LogP contribution in [0, 0.1) is 0 Å². The maximum Gasteiger partial charge on any atom is 0.341 e. The molecule has 3 N–H and O–H groups in total. The normalized spacial score (nSPS) is 15.2. The third-order valence-corrected chi connectivity index (χ3v) is 8.06. The summed E-state index contributed by atoms with van der Waals surface area (Å²) in [4.78, 5) is 32.6. The number of nitrogen functional groups attached to an aromatic ring is 1. The van der Waals surface area contributed by atoms with Crippen molar-refractivity contribution in [3.8, 4) is 0 Å². The molecule has 3 aromatic heterocycles. The quantitative estimate of drug-likeness (QED) is 0.606. The molecule has 3 heterocycles. The molecule has 150 valence electrons. The summed E-state index contributed by atoms with van der Waals surface area (Å²) in [6.07, 6.45) is 7.11. The summed E-state index contributed by atoms with van der Waals surface area (Å²) in [5.41, 5.74) is 10.7. The number of hydrogen-bond donors (Lipinski definition) is 2. The number of aromatic nitrogens is 1. The van der Waals surface area contributed by atoms with Crippen molar-refractivity contribution < 1.29 is 14.3 Å². The van der Waals surface area contributed by atoms with Crippen LogP contribution in [-0.4, -0.2) is 24.0 Å².